The summed E-state index contributed by atoms with van der Waals surface area (Å²) in [6, 6.07) is 0. The lowest BCUT2D eigenvalue weighted by atomic mass is 10.3. The van der Waals surface area contributed by atoms with E-state index in [1.165, 1.54) is 11.3 Å². The minimum atomic E-state index is -4.14. The molecule has 108 valence electrons. The number of anilines is 1. The number of esters is 1. The van der Waals surface area contributed by atoms with Crippen molar-refractivity contribution < 1.29 is 22.7 Å². The molecule has 8 heteroatoms. The standard InChI is InChI=1S/C11H15F3N2O2S/c1-3-18-9(17)8-7(2)19-10(16-8)15-6-4-5-11(12,13)14/h3-6H2,1-2H3,(H,15,16). The number of thiazole rings is 1. The molecule has 0 fully saturated rings. The van der Waals surface area contributed by atoms with Gasteiger partial charge in [0.15, 0.2) is 10.8 Å². The van der Waals surface area contributed by atoms with Gasteiger partial charge in [0.1, 0.15) is 0 Å². The van der Waals surface area contributed by atoms with Gasteiger partial charge in [0.25, 0.3) is 0 Å². The van der Waals surface area contributed by atoms with Crippen LogP contribution in [0.25, 0.3) is 0 Å². The maximum atomic E-state index is 11.9. The largest absolute Gasteiger partial charge is 0.461 e. The number of rotatable bonds is 6. The summed E-state index contributed by atoms with van der Waals surface area (Å²) in [5.41, 5.74) is 0.213. The van der Waals surface area contributed by atoms with Gasteiger partial charge in [-0.3, -0.25) is 0 Å². The number of hydrogen-bond donors (Lipinski definition) is 1. The molecule has 0 unspecified atom stereocenters. The molecule has 0 atom stereocenters. The SMILES string of the molecule is CCOC(=O)c1nc(NCCCC(F)(F)F)sc1C. The lowest BCUT2D eigenvalue weighted by molar-refractivity contribution is -0.134. The Morgan fingerprint density at radius 3 is 2.74 bits per heavy atom. The fourth-order valence-electron chi connectivity index (χ4n) is 1.35. The lowest BCUT2D eigenvalue weighted by Crippen LogP contribution is -2.11. The smallest absolute Gasteiger partial charge is 0.389 e. The number of alkyl halides is 3. The minimum absolute atomic E-state index is 0.0309. The van der Waals surface area contributed by atoms with Crippen LogP contribution in [0.1, 0.15) is 35.1 Å². The average Bonchev–Trinajstić information content (AvgIpc) is 2.65. The van der Waals surface area contributed by atoms with Crippen molar-refractivity contribution in [3.8, 4) is 0 Å². The molecule has 0 aliphatic rings. The van der Waals surface area contributed by atoms with E-state index in [2.05, 4.69) is 10.3 Å². The molecular formula is C11H15F3N2O2S. The highest BCUT2D eigenvalue weighted by molar-refractivity contribution is 7.15. The van der Waals surface area contributed by atoms with Gasteiger partial charge >= 0.3 is 12.1 Å². The Morgan fingerprint density at radius 2 is 2.16 bits per heavy atom. The van der Waals surface area contributed by atoms with Crippen molar-refractivity contribution in [2.24, 2.45) is 0 Å². The number of hydrogen-bond acceptors (Lipinski definition) is 5. The maximum Gasteiger partial charge on any atom is 0.389 e. The van der Waals surface area contributed by atoms with Crippen LogP contribution in [0.4, 0.5) is 18.3 Å². The number of halogens is 3. The zero-order valence-corrected chi connectivity index (χ0v) is 11.5. The molecule has 0 radical (unpaired) electrons. The summed E-state index contributed by atoms with van der Waals surface area (Å²) in [7, 11) is 0. The molecule has 0 saturated carbocycles. The van der Waals surface area contributed by atoms with E-state index in [0.717, 1.165) is 0 Å². The van der Waals surface area contributed by atoms with Gasteiger partial charge < -0.3 is 10.1 Å². The predicted molar refractivity (Wildman–Crippen MR) is 66.6 cm³/mol. The summed E-state index contributed by atoms with van der Waals surface area (Å²) in [6.45, 7) is 3.82. The first-order valence-electron chi connectivity index (χ1n) is 5.78. The van der Waals surface area contributed by atoms with E-state index in [9.17, 15) is 18.0 Å². The molecule has 1 aromatic heterocycles. The fourth-order valence-corrected chi connectivity index (χ4v) is 2.17. The summed E-state index contributed by atoms with van der Waals surface area (Å²) in [5, 5.41) is 3.21. The van der Waals surface area contributed by atoms with Crippen LogP contribution in [0.3, 0.4) is 0 Å². The number of aromatic nitrogens is 1. The van der Waals surface area contributed by atoms with E-state index >= 15 is 0 Å². The summed E-state index contributed by atoms with van der Waals surface area (Å²) < 4.78 is 40.6. The number of nitrogens with one attached hydrogen (secondary N) is 1. The molecular weight excluding hydrogens is 281 g/mol. The number of carbonyl (C=O) groups is 1. The van der Waals surface area contributed by atoms with E-state index in [1.54, 1.807) is 13.8 Å². The van der Waals surface area contributed by atoms with E-state index < -0.39 is 18.6 Å². The van der Waals surface area contributed by atoms with Crippen molar-refractivity contribution in [1.29, 1.82) is 0 Å². The van der Waals surface area contributed by atoms with Crippen LogP contribution >= 0.6 is 11.3 Å². The maximum absolute atomic E-state index is 11.9. The number of nitrogens with zero attached hydrogens (tertiary/aromatic N) is 1. The van der Waals surface area contributed by atoms with E-state index in [4.69, 9.17) is 4.74 Å². The van der Waals surface area contributed by atoms with Crippen molar-refractivity contribution in [1.82, 2.24) is 4.98 Å². The van der Waals surface area contributed by atoms with Crippen molar-refractivity contribution in [2.45, 2.75) is 32.9 Å². The quantitative estimate of drug-likeness (QED) is 0.646. The Hall–Kier alpha value is -1.31. The molecule has 4 nitrogen and oxygen atoms in total. The first kappa shape index (κ1) is 15.7. The van der Waals surface area contributed by atoms with Crippen LogP contribution in [0.2, 0.25) is 0 Å². The van der Waals surface area contributed by atoms with Gasteiger partial charge in [0.2, 0.25) is 0 Å². The second kappa shape index (κ2) is 6.74. The Bertz CT molecular complexity index is 432. The molecule has 19 heavy (non-hydrogen) atoms. The molecule has 0 amide bonds. The topological polar surface area (TPSA) is 51.2 Å². The monoisotopic (exact) mass is 296 g/mol. The van der Waals surface area contributed by atoms with Crippen molar-refractivity contribution >= 4 is 22.4 Å². The van der Waals surface area contributed by atoms with Gasteiger partial charge in [0, 0.05) is 17.8 Å². The highest BCUT2D eigenvalue weighted by Crippen LogP contribution is 2.24. The van der Waals surface area contributed by atoms with E-state index in [-0.39, 0.29) is 25.3 Å². The molecule has 1 heterocycles. The van der Waals surface area contributed by atoms with Crippen LogP contribution in [0, 0.1) is 6.92 Å². The zero-order valence-electron chi connectivity index (χ0n) is 10.6. The molecule has 0 saturated heterocycles. The summed E-state index contributed by atoms with van der Waals surface area (Å²) in [4.78, 5) is 16.2. The van der Waals surface area contributed by atoms with Crippen LogP contribution in [-0.4, -0.2) is 30.3 Å². The molecule has 1 rings (SSSR count). The predicted octanol–water partition coefficient (Wildman–Crippen LogP) is 3.38. The van der Waals surface area contributed by atoms with E-state index in [0.29, 0.717) is 10.0 Å². The average molecular weight is 296 g/mol. The zero-order chi connectivity index (χ0) is 14.5. The highest BCUT2D eigenvalue weighted by Gasteiger charge is 2.26. The molecule has 1 N–H and O–H groups in total. The highest BCUT2D eigenvalue weighted by atomic mass is 32.1. The van der Waals surface area contributed by atoms with Gasteiger partial charge in [-0.05, 0) is 20.3 Å². The first-order chi connectivity index (χ1) is 8.83. The van der Waals surface area contributed by atoms with Gasteiger partial charge in [0.05, 0.1) is 6.61 Å². The molecule has 0 spiro atoms. The third kappa shape index (κ3) is 5.46. The third-order valence-electron chi connectivity index (χ3n) is 2.18. The molecule has 0 aliphatic carbocycles. The molecule has 0 aliphatic heterocycles. The lowest BCUT2D eigenvalue weighted by Gasteiger charge is -2.05. The number of carbonyl (C=O) groups excluding carboxylic acids is 1. The molecule has 1 aromatic rings. The van der Waals surface area contributed by atoms with Gasteiger partial charge in [-0.25, -0.2) is 9.78 Å². The van der Waals surface area contributed by atoms with Crippen LogP contribution in [0.15, 0.2) is 0 Å². The second-order valence-corrected chi connectivity index (χ2v) is 4.99. The van der Waals surface area contributed by atoms with Crippen molar-refractivity contribution in [2.75, 3.05) is 18.5 Å². The van der Waals surface area contributed by atoms with Crippen LogP contribution < -0.4 is 5.32 Å². The summed E-state index contributed by atoms with van der Waals surface area (Å²) in [6.07, 6.45) is -5.01. The number of aryl methyl sites for hydroxylation is 1. The summed E-state index contributed by atoms with van der Waals surface area (Å²) in [5.74, 6) is -0.514. The van der Waals surface area contributed by atoms with Crippen molar-refractivity contribution in [3.05, 3.63) is 10.6 Å². The Labute approximate surface area is 113 Å². The third-order valence-corrected chi connectivity index (χ3v) is 3.11. The van der Waals surface area contributed by atoms with E-state index in [1.807, 2.05) is 0 Å². The van der Waals surface area contributed by atoms with Crippen molar-refractivity contribution in [3.63, 3.8) is 0 Å². The Morgan fingerprint density at radius 1 is 1.47 bits per heavy atom. The van der Waals surface area contributed by atoms with Gasteiger partial charge in [-0.15, -0.1) is 11.3 Å². The van der Waals surface area contributed by atoms with Gasteiger partial charge in [-0.1, -0.05) is 0 Å². The fraction of sp³-hybridized carbons (Fsp3) is 0.636. The normalized spacial score (nSPS) is 11.4. The van der Waals surface area contributed by atoms with Gasteiger partial charge in [-0.2, -0.15) is 13.2 Å². The summed E-state index contributed by atoms with van der Waals surface area (Å²) >= 11 is 1.22. The second-order valence-electron chi connectivity index (χ2n) is 3.79. The van der Waals surface area contributed by atoms with Crippen LogP contribution in [-0.2, 0) is 4.74 Å². The number of ether oxygens (including phenoxy) is 1. The Kier molecular flexibility index (Phi) is 5.59. The van der Waals surface area contributed by atoms with Crippen LogP contribution in [0.5, 0.6) is 0 Å². The first-order valence-corrected chi connectivity index (χ1v) is 6.60. The molecule has 0 aromatic carbocycles. The molecule has 0 bridgehead atoms. The Balaban J connectivity index is 2.48. The minimum Gasteiger partial charge on any atom is -0.461 e.